The van der Waals surface area contributed by atoms with Crippen LogP contribution in [0.3, 0.4) is 0 Å². The minimum Gasteiger partial charge on any atom is -0.303 e. The minimum absolute atomic E-state index is 0.158. The molecule has 5 nitrogen and oxygen atoms in total. The van der Waals surface area contributed by atoms with Crippen LogP contribution in [0.15, 0.2) is 0 Å². The number of nitrogens with zero attached hydrogens (tertiary/aromatic N) is 1. The van der Waals surface area contributed by atoms with Gasteiger partial charge in [0.1, 0.15) is 0 Å². The molecular weight excluding hydrogens is 445 g/mol. The molecule has 0 saturated heterocycles. The highest BCUT2D eigenvalue weighted by Crippen LogP contribution is 2.35. The van der Waals surface area contributed by atoms with Gasteiger partial charge in [0.15, 0.2) is 0 Å². The fourth-order valence-electron chi connectivity index (χ4n) is 4.60. The molecule has 2 N–H and O–H groups in total. The van der Waals surface area contributed by atoms with E-state index in [2.05, 4.69) is 23.3 Å². The lowest BCUT2D eigenvalue weighted by Gasteiger charge is -2.22. The Balaban J connectivity index is 3.92. The molecule has 0 spiro atoms. The summed E-state index contributed by atoms with van der Waals surface area (Å²) in [5.74, 6) is 0. The molecule has 6 heteroatoms. The van der Waals surface area contributed by atoms with Crippen molar-refractivity contribution in [2.75, 3.05) is 26.2 Å². The second-order valence-electron chi connectivity index (χ2n) is 10.2. The second kappa shape index (κ2) is 26.1. The highest BCUT2D eigenvalue weighted by molar-refractivity contribution is 7.46. The van der Waals surface area contributed by atoms with Crippen LogP contribution in [0.1, 0.15) is 155 Å². The molecule has 0 aliphatic carbocycles. The Morgan fingerprint density at radius 1 is 0.500 bits per heavy atom. The first-order chi connectivity index (χ1) is 16.5. The number of phosphoric acid groups is 1. The zero-order valence-corrected chi connectivity index (χ0v) is 23.9. The lowest BCUT2D eigenvalue weighted by Crippen LogP contribution is -2.27. The first-order valence-corrected chi connectivity index (χ1v) is 16.4. The molecule has 0 unspecified atom stereocenters. The van der Waals surface area contributed by atoms with Gasteiger partial charge in [-0.15, -0.1) is 0 Å². The molecule has 34 heavy (non-hydrogen) atoms. The fourth-order valence-corrected chi connectivity index (χ4v) is 4.97. The lowest BCUT2D eigenvalue weighted by atomic mass is 10.1. The van der Waals surface area contributed by atoms with Gasteiger partial charge in [0, 0.05) is 0 Å². The van der Waals surface area contributed by atoms with Crippen LogP contribution in [0.4, 0.5) is 0 Å². The zero-order valence-electron chi connectivity index (χ0n) is 23.0. The van der Waals surface area contributed by atoms with Gasteiger partial charge < -0.3 is 14.7 Å². The van der Waals surface area contributed by atoms with E-state index >= 15 is 0 Å². The molecule has 0 rings (SSSR count). The van der Waals surface area contributed by atoms with Crippen LogP contribution >= 0.6 is 7.82 Å². The van der Waals surface area contributed by atoms with Crippen LogP contribution in [-0.2, 0) is 9.09 Å². The Labute approximate surface area is 213 Å². The van der Waals surface area contributed by atoms with E-state index in [4.69, 9.17) is 9.79 Å². The van der Waals surface area contributed by atoms with Crippen LogP contribution < -0.4 is 0 Å². The third-order valence-electron chi connectivity index (χ3n) is 6.78. The minimum atomic E-state index is -4.30. The fraction of sp³-hybridized carbons (Fsp3) is 1.00. The summed E-state index contributed by atoms with van der Waals surface area (Å²) in [4.78, 5) is 20.2. The van der Waals surface area contributed by atoms with E-state index < -0.39 is 7.82 Å². The van der Waals surface area contributed by atoms with E-state index in [0.717, 1.165) is 25.8 Å². The van der Waals surface area contributed by atoms with Gasteiger partial charge in [-0.25, -0.2) is 4.57 Å². The second-order valence-corrected chi connectivity index (χ2v) is 11.5. The van der Waals surface area contributed by atoms with Crippen molar-refractivity contribution in [3.05, 3.63) is 0 Å². The van der Waals surface area contributed by atoms with E-state index in [1.165, 1.54) is 135 Å². The average molecular weight is 506 g/mol. The number of unbranched alkanes of at least 4 members (excludes halogenated alkanes) is 19. The first kappa shape index (κ1) is 34.1. The Kier molecular flexibility index (Phi) is 26.2. The SMILES string of the molecule is CCCCCCCCCCCN(CCCCCCCCCCC)CCCCCCOP(=O)(O)O. The van der Waals surface area contributed by atoms with Gasteiger partial charge in [-0.3, -0.25) is 4.52 Å². The summed E-state index contributed by atoms with van der Waals surface area (Å²) < 4.78 is 15.3. The molecule has 0 fully saturated rings. The molecular formula is C28H60NO4P. The van der Waals surface area contributed by atoms with E-state index in [9.17, 15) is 4.57 Å². The summed E-state index contributed by atoms with van der Waals surface area (Å²) in [6.07, 6.45) is 28.8. The average Bonchev–Trinajstić information content (AvgIpc) is 2.80. The number of hydrogen-bond acceptors (Lipinski definition) is 3. The van der Waals surface area contributed by atoms with Crippen molar-refractivity contribution >= 4 is 7.82 Å². The molecule has 0 aromatic carbocycles. The standard InChI is InChI=1S/C28H60NO4P/c1-3-5-7-9-11-13-15-17-21-25-29(26-22-18-16-14-12-10-8-6-4-2)27-23-19-20-24-28-33-34(30,31)32/h3-28H2,1-2H3,(H2,30,31,32). The maximum absolute atomic E-state index is 10.7. The molecule has 0 aliphatic rings. The number of phosphoric ester groups is 1. The third-order valence-corrected chi connectivity index (χ3v) is 7.30. The monoisotopic (exact) mass is 505 g/mol. The van der Waals surface area contributed by atoms with Crippen molar-refractivity contribution in [3.63, 3.8) is 0 Å². The molecule has 0 atom stereocenters. The van der Waals surface area contributed by atoms with E-state index in [0.29, 0.717) is 0 Å². The quantitative estimate of drug-likeness (QED) is 0.0820. The normalized spacial score (nSPS) is 12.1. The number of hydrogen-bond donors (Lipinski definition) is 2. The molecule has 0 radical (unpaired) electrons. The maximum atomic E-state index is 10.7. The largest absolute Gasteiger partial charge is 0.469 e. The predicted molar refractivity (Wildman–Crippen MR) is 147 cm³/mol. The summed E-state index contributed by atoms with van der Waals surface area (Å²) >= 11 is 0. The van der Waals surface area contributed by atoms with Crippen LogP contribution in [0, 0.1) is 0 Å². The van der Waals surface area contributed by atoms with Crippen LogP contribution in [0.5, 0.6) is 0 Å². The Hall–Kier alpha value is 0.0700. The Morgan fingerprint density at radius 2 is 0.794 bits per heavy atom. The smallest absolute Gasteiger partial charge is 0.303 e. The van der Waals surface area contributed by atoms with Crippen molar-refractivity contribution < 1.29 is 18.9 Å². The van der Waals surface area contributed by atoms with E-state index in [-0.39, 0.29) is 6.61 Å². The highest BCUT2D eigenvalue weighted by Gasteiger charge is 2.12. The Morgan fingerprint density at radius 3 is 1.12 bits per heavy atom. The van der Waals surface area contributed by atoms with Gasteiger partial charge in [-0.05, 0) is 45.3 Å². The highest BCUT2D eigenvalue weighted by atomic mass is 31.2. The van der Waals surface area contributed by atoms with Crippen LogP contribution in [-0.4, -0.2) is 40.9 Å². The van der Waals surface area contributed by atoms with Gasteiger partial charge in [0.2, 0.25) is 0 Å². The summed E-state index contributed by atoms with van der Waals surface area (Å²) in [7, 11) is -4.30. The Bertz CT molecular complexity index is 422. The molecule has 0 aromatic heterocycles. The van der Waals surface area contributed by atoms with Crippen molar-refractivity contribution in [3.8, 4) is 0 Å². The van der Waals surface area contributed by atoms with Gasteiger partial charge in [0.05, 0.1) is 6.61 Å². The van der Waals surface area contributed by atoms with Gasteiger partial charge in [0.25, 0.3) is 0 Å². The van der Waals surface area contributed by atoms with Crippen molar-refractivity contribution in [1.82, 2.24) is 4.90 Å². The summed E-state index contributed by atoms with van der Waals surface area (Å²) in [5.41, 5.74) is 0. The van der Waals surface area contributed by atoms with Crippen molar-refractivity contribution in [1.29, 1.82) is 0 Å². The van der Waals surface area contributed by atoms with E-state index in [1.807, 2.05) is 0 Å². The topological polar surface area (TPSA) is 70.0 Å². The summed E-state index contributed by atoms with van der Waals surface area (Å²) in [6, 6.07) is 0. The predicted octanol–water partition coefficient (Wildman–Crippen LogP) is 9.02. The summed E-state index contributed by atoms with van der Waals surface area (Å²) in [5, 5.41) is 0. The van der Waals surface area contributed by atoms with Crippen molar-refractivity contribution in [2.24, 2.45) is 0 Å². The van der Waals surface area contributed by atoms with Crippen LogP contribution in [0.2, 0.25) is 0 Å². The molecule has 0 amide bonds. The summed E-state index contributed by atoms with van der Waals surface area (Å²) in [6.45, 7) is 8.34. The van der Waals surface area contributed by atoms with Gasteiger partial charge >= 0.3 is 7.82 Å². The van der Waals surface area contributed by atoms with Gasteiger partial charge in [-0.1, -0.05) is 129 Å². The lowest BCUT2D eigenvalue weighted by molar-refractivity contribution is 0.192. The third kappa shape index (κ3) is 28.3. The van der Waals surface area contributed by atoms with Gasteiger partial charge in [-0.2, -0.15) is 0 Å². The molecule has 0 bridgehead atoms. The van der Waals surface area contributed by atoms with Crippen LogP contribution in [0.25, 0.3) is 0 Å². The molecule has 0 saturated carbocycles. The zero-order chi connectivity index (χ0) is 25.2. The molecule has 206 valence electrons. The van der Waals surface area contributed by atoms with Crippen molar-refractivity contribution in [2.45, 2.75) is 155 Å². The van der Waals surface area contributed by atoms with E-state index in [1.54, 1.807) is 0 Å². The molecule has 0 aliphatic heterocycles. The maximum Gasteiger partial charge on any atom is 0.469 e. The molecule has 0 aromatic rings. The first-order valence-electron chi connectivity index (χ1n) is 14.9. The molecule has 0 heterocycles. The number of rotatable bonds is 28.